The van der Waals surface area contributed by atoms with Gasteiger partial charge in [-0.2, -0.15) is 0 Å². The molecular formula is C13H15NO2. The highest BCUT2D eigenvalue weighted by Gasteiger charge is 2.55. The highest BCUT2D eigenvalue weighted by atomic mass is 16.5. The number of amides is 1. The molecule has 3 nitrogen and oxygen atoms in total. The molecule has 3 rings (SSSR count). The molecule has 1 aromatic rings. The highest BCUT2D eigenvalue weighted by Crippen LogP contribution is 2.58. The molecule has 1 amide bonds. The van der Waals surface area contributed by atoms with Crippen LogP contribution in [-0.2, 0) is 15.9 Å². The Kier molecular flexibility index (Phi) is 1.64. The lowest BCUT2D eigenvalue weighted by atomic mass is 9.76. The second kappa shape index (κ2) is 2.66. The number of rotatable bonds is 1. The van der Waals surface area contributed by atoms with Crippen molar-refractivity contribution in [3.05, 3.63) is 34.9 Å². The smallest absolute Gasteiger partial charge is 0.249 e. The van der Waals surface area contributed by atoms with Crippen LogP contribution in [-0.4, -0.2) is 5.91 Å². The zero-order valence-electron chi connectivity index (χ0n) is 9.54. The fourth-order valence-corrected chi connectivity index (χ4v) is 3.21. The molecule has 1 fully saturated rings. The molecule has 0 spiro atoms. The van der Waals surface area contributed by atoms with E-state index in [0.717, 1.165) is 24.0 Å². The Balaban J connectivity index is 2.33. The highest BCUT2D eigenvalue weighted by molar-refractivity contribution is 5.95. The van der Waals surface area contributed by atoms with E-state index < -0.39 is 0 Å². The first kappa shape index (κ1) is 9.85. The van der Waals surface area contributed by atoms with Crippen LogP contribution >= 0.6 is 0 Å². The molecule has 0 radical (unpaired) electrons. The summed E-state index contributed by atoms with van der Waals surface area (Å²) >= 11 is 0. The van der Waals surface area contributed by atoms with Crippen LogP contribution in [0.1, 0.15) is 48.2 Å². The molecule has 0 aliphatic carbocycles. The minimum Gasteiger partial charge on any atom is -0.366 e. The normalized spacial score (nSPS) is 35.1. The van der Waals surface area contributed by atoms with Crippen LogP contribution in [0.25, 0.3) is 0 Å². The second-order valence-corrected chi connectivity index (χ2v) is 5.16. The van der Waals surface area contributed by atoms with Crippen LogP contribution in [0.2, 0.25) is 0 Å². The number of carbonyl (C=O) groups excluding carboxylic acids is 1. The lowest BCUT2D eigenvalue weighted by molar-refractivity contribution is -0.0663. The van der Waals surface area contributed by atoms with Crippen LogP contribution in [0.15, 0.2) is 18.2 Å². The minimum absolute atomic E-state index is 0.227. The predicted octanol–water partition coefficient (Wildman–Crippen LogP) is 2.04. The van der Waals surface area contributed by atoms with E-state index in [4.69, 9.17) is 10.5 Å². The second-order valence-electron chi connectivity index (χ2n) is 5.16. The largest absolute Gasteiger partial charge is 0.366 e. The molecule has 2 aliphatic rings. The van der Waals surface area contributed by atoms with Crippen molar-refractivity contribution in [3.8, 4) is 0 Å². The summed E-state index contributed by atoms with van der Waals surface area (Å²) in [4.78, 5) is 11.5. The molecule has 1 saturated heterocycles. The molecule has 16 heavy (non-hydrogen) atoms. The quantitative estimate of drug-likeness (QED) is 0.782. The van der Waals surface area contributed by atoms with E-state index in [-0.39, 0.29) is 17.1 Å². The first-order valence-electron chi connectivity index (χ1n) is 5.60. The van der Waals surface area contributed by atoms with Crippen molar-refractivity contribution >= 4 is 5.91 Å². The number of hydrogen-bond acceptors (Lipinski definition) is 2. The molecular weight excluding hydrogens is 202 g/mol. The molecule has 0 saturated carbocycles. The Morgan fingerprint density at radius 3 is 2.69 bits per heavy atom. The standard InChI is InChI=1S/C13H15NO2/c1-12-6-7-13(2,16-12)10-8(11(14)15)4-3-5-9(10)12/h3-5H,6-7H2,1-2H3,(H2,14,15). The molecule has 2 unspecified atom stereocenters. The van der Waals surface area contributed by atoms with Crippen LogP contribution in [0.3, 0.4) is 0 Å². The van der Waals surface area contributed by atoms with Gasteiger partial charge < -0.3 is 10.5 Å². The summed E-state index contributed by atoms with van der Waals surface area (Å²) in [6.07, 6.45) is 1.97. The zero-order chi connectivity index (χ0) is 11.6. The number of hydrogen-bond donors (Lipinski definition) is 1. The van der Waals surface area contributed by atoms with E-state index in [0.29, 0.717) is 5.56 Å². The van der Waals surface area contributed by atoms with Gasteiger partial charge in [0.2, 0.25) is 5.91 Å². The van der Waals surface area contributed by atoms with Crippen molar-refractivity contribution in [1.82, 2.24) is 0 Å². The number of primary amides is 1. The fourth-order valence-electron chi connectivity index (χ4n) is 3.21. The third-order valence-corrected chi connectivity index (χ3v) is 3.96. The molecule has 2 heterocycles. The van der Waals surface area contributed by atoms with Gasteiger partial charge in [-0.25, -0.2) is 0 Å². The number of ether oxygens (including phenoxy) is 1. The lowest BCUT2D eigenvalue weighted by Gasteiger charge is -2.24. The maximum Gasteiger partial charge on any atom is 0.249 e. The Hall–Kier alpha value is -1.35. The summed E-state index contributed by atoms with van der Waals surface area (Å²) in [6.45, 7) is 4.14. The maximum absolute atomic E-state index is 11.5. The van der Waals surface area contributed by atoms with Gasteiger partial charge in [0.25, 0.3) is 0 Å². The van der Waals surface area contributed by atoms with Crippen molar-refractivity contribution in [2.75, 3.05) is 0 Å². The summed E-state index contributed by atoms with van der Waals surface area (Å²) in [5.74, 6) is -0.363. The molecule has 1 aromatic carbocycles. The average molecular weight is 217 g/mol. The van der Waals surface area contributed by atoms with Crippen LogP contribution < -0.4 is 5.73 Å². The summed E-state index contributed by atoms with van der Waals surface area (Å²) in [7, 11) is 0. The molecule has 84 valence electrons. The summed E-state index contributed by atoms with van der Waals surface area (Å²) in [5.41, 5.74) is 7.64. The molecule has 3 heteroatoms. The van der Waals surface area contributed by atoms with Crippen molar-refractivity contribution in [2.24, 2.45) is 5.73 Å². The van der Waals surface area contributed by atoms with Gasteiger partial charge in [-0.3, -0.25) is 4.79 Å². The topological polar surface area (TPSA) is 52.3 Å². The Morgan fingerprint density at radius 2 is 2.00 bits per heavy atom. The number of carbonyl (C=O) groups is 1. The Labute approximate surface area is 94.6 Å². The number of fused-ring (bicyclic) bond motifs is 5. The maximum atomic E-state index is 11.5. The molecule has 0 aromatic heterocycles. The van der Waals surface area contributed by atoms with E-state index in [1.807, 2.05) is 12.1 Å². The summed E-state index contributed by atoms with van der Waals surface area (Å²) in [6, 6.07) is 5.73. The van der Waals surface area contributed by atoms with Gasteiger partial charge in [0.05, 0.1) is 11.2 Å². The average Bonchev–Trinajstić information content (AvgIpc) is 2.66. The van der Waals surface area contributed by atoms with Crippen molar-refractivity contribution in [2.45, 2.75) is 37.9 Å². The van der Waals surface area contributed by atoms with Gasteiger partial charge in [0.1, 0.15) is 0 Å². The van der Waals surface area contributed by atoms with E-state index >= 15 is 0 Å². The van der Waals surface area contributed by atoms with Gasteiger partial charge in [-0.05, 0) is 38.3 Å². The molecule has 2 N–H and O–H groups in total. The van der Waals surface area contributed by atoms with E-state index in [1.54, 1.807) is 6.07 Å². The monoisotopic (exact) mass is 217 g/mol. The molecule has 2 aliphatic heterocycles. The molecule has 2 bridgehead atoms. The van der Waals surface area contributed by atoms with Crippen molar-refractivity contribution in [3.63, 3.8) is 0 Å². The Morgan fingerprint density at radius 1 is 1.31 bits per heavy atom. The van der Waals surface area contributed by atoms with Crippen molar-refractivity contribution in [1.29, 1.82) is 0 Å². The van der Waals surface area contributed by atoms with Crippen LogP contribution in [0, 0.1) is 0 Å². The molecule has 2 atom stereocenters. The van der Waals surface area contributed by atoms with E-state index in [9.17, 15) is 4.79 Å². The first-order chi connectivity index (χ1) is 7.46. The van der Waals surface area contributed by atoms with Gasteiger partial charge in [-0.15, -0.1) is 0 Å². The van der Waals surface area contributed by atoms with Gasteiger partial charge in [0.15, 0.2) is 0 Å². The number of nitrogens with two attached hydrogens (primary N) is 1. The van der Waals surface area contributed by atoms with E-state index in [1.165, 1.54) is 0 Å². The minimum atomic E-state index is -0.363. The Bertz CT molecular complexity index is 497. The first-order valence-corrected chi connectivity index (χ1v) is 5.60. The number of benzene rings is 1. The lowest BCUT2D eigenvalue weighted by Crippen LogP contribution is -2.24. The summed E-state index contributed by atoms with van der Waals surface area (Å²) in [5, 5.41) is 0. The van der Waals surface area contributed by atoms with Gasteiger partial charge in [0, 0.05) is 11.1 Å². The third kappa shape index (κ3) is 0.990. The summed E-state index contributed by atoms with van der Waals surface area (Å²) < 4.78 is 6.10. The van der Waals surface area contributed by atoms with Crippen LogP contribution in [0.4, 0.5) is 0 Å². The third-order valence-electron chi connectivity index (χ3n) is 3.96. The SMILES string of the molecule is CC12CCC(C)(O1)c1c(C(N)=O)cccc12. The van der Waals surface area contributed by atoms with Crippen molar-refractivity contribution < 1.29 is 9.53 Å². The zero-order valence-corrected chi connectivity index (χ0v) is 9.54. The fraction of sp³-hybridized carbons (Fsp3) is 0.462. The van der Waals surface area contributed by atoms with Crippen LogP contribution in [0.5, 0.6) is 0 Å². The predicted molar refractivity (Wildman–Crippen MR) is 60.0 cm³/mol. The van der Waals surface area contributed by atoms with E-state index in [2.05, 4.69) is 13.8 Å². The van der Waals surface area contributed by atoms with Gasteiger partial charge >= 0.3 is 0 Å². The van der Waals surface area contributed by atoms with Gasteiger partial charge in [-0.1, -0.05) is 12.1 Å².